The van der Waals surface area contributed by atoms with Gasteiger partial charge in [-0.05, 0) is 156 Å². The number of hydrogen-bond acceptors (Lipinski definition) is 6. The van der Waals surface area contributed by atoms with Crippen molar-refractivity contribution in [3.8, 4) is 45.6 Å². The van der Waals surface area contributed by atoms with Gasteiger partial charge in [-0.3, -0.25) is 0 Å². The van der Waals surface area contributed by atoms with Gasteiger partial charge in [0.2, 0.25) is 0 Å². The molecule has 0 saturated carbocycles. The van der Waals surface area contributed by atoms with Crippen LogP contribution in [-0.2, 0) is 17.1 Å². The Morgan fingerprint density at radius 3 is 1.38 bits per heavy atom. The van der Waals surface area contributed by atoms with E-state index in [2.05, 4.69) is 143 Å². The summed E-state index contributed by atoms with van der Waals surface area (Å²) in [5, 5.41) is 3.62. The van der Waals surface area contributed by atoms with Gasteiger partial charge in [-0.2, -0.15) is 0 Å². The van der Waals surface area contributed by atoms with E-state index >= 15 is 0 Å². The van der Waals surface area contributed by atoms with Crippen LogP contribution in [0.3, 0.4) is 0 Å². The van der Waals surface area contributed by atoms with Crippen LogP contribution in [0.2, 0.25) is 25.1 Å². The molecule has 8 nitrogen and oxygen atoms in total. The number of fused-ring (bicyclic) bond motifs is 20. The second-order valence-corrected chi connectivity index (χ2v) is 20.5. The van der Waals surface area contributed by atoms with Crippen molar-refractivity contribution in [1.29, 1.82) is 0 Å². The molecule has 7 aromatic rings. The molecule has 4 aromatic carbocycles. The molecule has 0 spiro atoms. The minimum atomic E-state index is 0. The third kappa shape index (κ3) is 6.47. The fourth-order valence-corrected chi connectivity index (χ4v) is 12.5. The summed E-state index contributed by atoms with van der Waals surface area (Å²) in [4.78, 5) is 39.8. The smallest absolute Gasteiger partial charge is 0.357 e. The summed E-state index contributed by atoms with van der Waals surface area (Å²) in [6, 6.07) is 3.48. The Kier molecular flexibility index (Phi) is 11.9. The van der Waals surface area contributed by atoms with E-state index in [0.717, 1.165) is 0 Å². The van der Waals surface area contributed by atoms with Gasteiger partial charge in [-0.25, -0.2) is 15.0 Å². The maximum atomic E-state index is 7.03. The first-order valence-electron chi connectivity index (χ1n) is 14.4. The number of benzene rings is 4. The molecule has 279 valence electrons. The second-order valence-electron chi connectivity index (χ2n) is 11.3. The van der Waals surface area contributed by atoms with E-state index in [1.165, 1.54) is 0 Å². The van der Waals surface area contributed by atoms with E-state index in [1.807, 2.05) is 0 Å². The molecule has 0 saturated heterocycles. The molecule has 9 rings (SSSR count). The number of aromatic nitrogens is 8. The van der Waals surface area contributed by atoms with Gasteiger partial charge in [0.05, 0.1) is 50.2 Å². The van der Waals surface area contributed by atoms with E-state index in [1.54, 1.807) is 12.1 Å². The van der Waals surface area contributed by atoms with Crippen LogP contribution in [0.25, 0.3) is 89.7 Å². The zero-order chi connectivity index (χ0) is 38.4. The number of halogens is 14. The number of hydrogen-bond donors (Lipinski definition) is 0. The molecular weight excluding hydrogens is 1460 g/mol. The average Bonchev–Trinajstić information content (AvgIpc) is 3.87. The molecule has 0 fully saturated rings. The minimum absolute atomic E-state index is 0. The third-order valence-corrected chi connectivity index (χ3v) is 19.7. The molecule has 1 radical (unpaired) electrons. The van der Waals surface area contributed by atoms with E-state index < -0.39 is 0 Å². The van der Waals surface area contributed by atoms with Gasteiger partial charge in [-0.15, -0.1) is 0 Å². The Morgan fingerprint density at radius 2 is 0.782 bits per heavy atom. The molecule has 5 heterocycles. The molecule has 55 heavy (non-hydrogen) atoms. The Balaban J connectivity index is 0.00000427. The van der Waals surface area contributed by atoms with Gasteiger partial charge in [0.25, 0.3) is 0 Å². The van der Waals surface area contributed by atoms with Crippen molar-refractivity contribution >= 4 is 246 Å². The molecule has 2 aliphatic rings. The van der Waals surface area contributed by atoms with Crippen LogP contribution in [-0.4, -0.2) is 29.9 Å². The first-order chi connectivity index (χ1) is 25.6. The molecule has 0 aliphatic carbocycles. The summed E-state index contributed by atoms with van der Waals surface area (Å²) < 4.78 is 5.09. The zero-order valence-electron chi connectivity index (χ0n) is 25.3. The molecule has 3 aromatic heterocycles. The van der Waals surface area contributed by atoms with Gasteiger partial charge in [0.1, 0.15) is 0 Å². The van der Waals surface area contributed by atoms with Crippen molar-refractivity contribution < 1.29 is 17.1 Å². The summed E-state index contributed by atoms with van der Waals surface area (Å²) >= 11 is 67.3. The molecule has 2 aliphatic heterocycles. The Bertz CT molecular complexity index is 3140. The van der Waals surface area contributed by atoms with Crippen LogP contribution >= 0.6 is 201 Å². The summed E-state index contributed by atoms with van der Waals surface area (Å²) in [6.45, 7) is 0. The standard InChI is InChI=1S/C32H2Br9Cl5N8.Cu/c33-3-1-6(43)16(36)9-7(3)25-47-27(9)51-30-12-11(17(37)19(39)24(46)18(12)38)29(52-30)53-32-14-13(22(44)20(40)21(41)23(14)45)31(54-32)50-26-8-5(42)2-4(34)15(35)10(8)28(48-25)49-26;/h1-2H;/q-2;+2. The largest absolute Gasteiger partial charge is 2.00 e. The molecule has 0 unspecified atom stereocenters. The first-order valence-corrected chi connectivity index (χ1v) is 23.4. The van der Waals surface area contributed by atoms with Crippen molar-refractivity contribution in [2.75, 3.05) is 0 Å². The summed E-state index contributed by atoms with van der Waals surface area (Å²) in [5.41, 5.74) is 3.03. The van der Waals surface area contributed by atoms with E-state index in [4.69, 9.17) is 97.9 Å². The SMILES string of the molecule is Clc1cc(Br)c2c(c1Br)-c1nc-2nc2nc(nc3[n-]c(nc4[n-]c(n1)c1c(Br)c(Cl)c(Br)c(Br)c41)c1c(Cl)c(Br)c(Br)c(Cl)c31)-c1c(Cl)cc(Br)c(Br)c1-2.[Cu+2]. The van der Waals surface area contributed by atoms with Gasteiger partial charge in [-0.1, -0.05) is 58.0 Å². The maximum Gasteiger partial charge on any atom is 2.00 e. The molecule has 0 amide bonds. The number of rotatable bonds is 0. The quantitative estimate of drug-likeness (QED) is 0.0840. The monoisotopic (exact) mass is 1450 g/mol. The van der Waals surface area contributed by atoms with Crippen LogP contribution < -0.4 is 9.97 Å². The maximum absolute atomic E-state index is 7.03. The fourth-order valence-electron chi connectivity index (χ4n) is 6.05. The van der Waals surface area contributed by atoms with Gasteiger partial charge >= 0.3 is 17.1 Å². The van der Waals surface area contributed by atoms with Crippen molar-refractivity contribution in [2.24, 2.45) is 0 Å². The van der Waals surface area contributed by atoms with Crippen molar-refractivity contribution in [3.05, 3.63) is 77.5 Å². The van der Waals surface area contributed by atoms with Crippen LogP contribution in [0, 0.1) is 0 Å². The van der Waals surface area contributed by atoms with Gasteiger partial charge < -0.3 is 24.9 Å². The van der Waals surface area contributed by atoms with E-state index in [-0.39, 0.29) is 73.0 Å². The van der Waals surface area contributed by atoms with Crippen molar-refractivity contribution in [2.45, 2.75) is 0 Å². The third-order valence-electron chi connectivity index (χ3n) is 8.36. The van der Waals surface area contributed by atoms with Crippen molar-refractivity contribution in [3.63, 3.8) is 0 Å². The Morgan fingerprint density at radius 1 is 0.364 bits per heavy atom. The van der Waals surface area contributed by atoms with E-state index in [0.29, 0.717) is 99.1 Å². The summed E-state index contributed by atoms with van der Waals surface area (Å²) in [5.74, 6) is 0.991. The number of nitrogens with zero attached hydrogens (tertiary/aromatic N) is 8. The predicted molar refractivity (Wildman–Crippen MR) is 248 cm³/mol. The normalized spacial score (nSPS) is 12.0. The van der Waals surface area contributed by atoms with Gasteiger partial charge in [0, 0.05) is 93.2 Å². The van der Waals surface area contributed by atoms with Crippen molar-refractivity contribution in [1.82, 2.24) is 39.9 Å². The molecular formula is C32H2Br9Cl5CuN8. The predicted octanol–water partition coefficient (Wildman–Crippen LogP) is 16.3. The van der Waals surface area contributed by atoms with Crippen LogP contribution in [0.4, 0.5) is 0 Å². The fraction of sp³-hybridized carbons (Fsp3) is 0. The zero-order valence-corrected chi connectivity index (χ0v) is 44.3. The van der Waals surface area contributed by atoms with E-state index in [9.17, 15) is 0 Å². The van der Waals surface area contributed by atoms with Gasteiger partial charge in [0.15, 0.2) is 11.6 Å². The van der Waals surface area contributed by atoms with Crippen LogP contribution in [0.1, 0.15) is 0 Å². The second kappa shape index (κ2) is 15.5. The minimum Gasteiger partial charge on any atom is -0.357 e. The summed E-state index contributed by atoms with van der Waals surface area (Å²) in [7, 11) is 0. The molecule has 0 N–H and O–H groups in total. The first kappa shape index (κ1) is 42.2. The van der Waals surface area contributed by atoms with Crippen LogP contribution in [0.15, 0.2) is 52.4 Å². The Hall–Kier alpha value is 0.529. The Labute approximate surface area is 419 Å². The van der Waals surface area contributed by atoms with Crippen LogP contribution in [0.5, 0.6) is 0 Å². The topological polar surface area (TPSA) is 106 Å². The molecule has 0 atom stereocenters. The summed E-state index contributed by atoms with van der Waals surface area (Å²) in [6.07, 6.45) is 0. The molecule has 8 bridgehead atoms. The molecule has 23 heteroatoms. The average molecular weight is 1460 g/mol.